The SMILES string of the molecule is CC1(C)C(/C=C/C=C/C=C2\N(CCOC=O)c3c(ccc4ccc([N+](=O)[O-])cc34)C2(C)C)=[N+](CCC(=O)O)c2c1c1ccccc1c1ccccc21. The lowest BCUT2D eigenvalue weighted by Gasteiger charge is -2.26. The van der Waals surface area contributed by atoms with Gasteiger partial charge in [-0.25, -0.2) is 0 Å². The zero-order valence-corrected chi connectivity index (χ0v) is 29.6. The van der Waals surface area contributed by atoms with Gasteiger partial charge in [0.2, 0.25) is 5.69 Å². The summed E-state index contributed by atoms with van der Waals surface area (Å²) in [5.74, 6) is -0.850. The van der Waals surface area contributed by atoms with Gasteiger partial charge in [0.1, 0.15) is 13.0 Å². The molecular weight excluding hydrogens is 654 g/mol. The van der Waals surface area contributed by atoms with Crippen LogP contribution in [0, 0.1) is 10.1 Å². The molecule has 0 radical (unpaired) electrons. The Balaban J connectivity index is 1.30. The van der Waals surface area contributed by atoms with E-state index in [2.05, 4.69) is 85.7 Å². The lowest BCUT2D eigenvalue weighted by molar-refractivity contribution is -0.435. The number of fused-ring (bicyclic) bond motifs is 9. The number of carbonyl (C=O) groups is 2. The van der Waals surface area contributed by atoms with Crippen molar-refractivity contribution in [2.24, 2.45) is 0 Å². The van der Waals surface area contributed by atoms with Gasteiger partial charge in [-0.2, -0.15) is 4.58 Å². The Bertz CT molecular complexity index is 2440. The van der Waals surface area contributed by atoms with Crippen LogP contribution < -0.4 is 4.90 Å². The van der Waals surface area contributed by atoms with Gasteiger partial charge in [-0.05, 0) is 59.2 Å². The number of allylic oxidation sites excluding steroid dienone is 6. The van der Waals surface area contributed by atoms with Crippen LogP contribution >= 0.6 is 0 Å². The normalized spacial score (nSPS) is 16.8. The van der Waals surface area contributed by atoms with Crippen LogP contribution in [0.3, 0.4) is 0 Å². The molecule has 0 spiro atoms. The molecule has 0 fully saturated rings. The van der Waals surface area contributed by atoms with Crippen LogP contribution in [0.1, 0.15) is 45.2 Å². The predicted octanol–water partition coefficient (Wildman–Crippen LogP) is 8.87. The van der Waals surface area contributed by atoms with Crippen LogP contribution in [-0.4, -0.2) is 52.5 Å². The maximum Gasteiger partial charge on any atom is 0.309 e. The molecule has 0 atom stereocenters. The van der Waals surface area contributed by atoms with E-state index in [-0.39, 0.29) is 23.6 Å². The Hall–Kier alpha value is -6.09. The minimum absolute atomic E-state index is 0.00686. The van der Waals surface area contributed by atoms with Crippen molar-refractivity contribution in [2.75, 3.05) is 24.6 Å². The number of nitro groups is 1. The summed E-state index contributed by atoms with van der Waals surface area (Å²) in [7, 11) is 0. The summed E-state index contributed by atoms with van der Waals surface area (Å²) >= 11 is 0. The van der Waals surface area contributed by atoms with E-state index >= 15 is 0 Å². The summed E-state index contributed by atoms with van der Waals surface area (Å²) < 4.78 is 7.29. The number of nitrogens with zero attached hydrogens (tertiary/aromatic N) is 3. The molecule has 1 N–H and O–H groups in total. The fraction of sp³-hybridized carbons (Fsp3) is 0.233. The molecule has 0 saturated carbocycles. The maximum absolute atomic E-state index is 11.9. The topological polar surface area (TPSA) is 113 Å². The molecule has 0 aromatic heterocycles. The monoisotopic (exact) mass is 694 g/mol. The number of hydrogen-bond acceptors (Lipinski definition) is 6. The average molecular weight is 695 g/mol. The van der Waals surface area contributed by atoms with Crippen LogP contribution in [0.2, 0.25) is 0 Å². The molecule has 0 unspecified atom stereocenters. The number of carboxylic acid groups (broad SMARTS) is 1. The van der Waals surface area contributed by atoms with Crippen LogP contribution in [0.4, 0.5) is 17.1 Å². The first kappa shape index (κ1) is 34.4. The van der Waals surface area contributed by atoms with Gasteiger partial charge in [0.15, 0.2) is 12.3 Å². The van der Waals surface area contributed by atoms with Crippen molar-refractivity contribution in [1.29, 1.82) is 0 Å². The first-order chi connectivity index (χ1) is 25.0. The minimum atomic E-state index is -0.850. The third-order valence-electron chi connectivity index (χ3n) is 10.6. The number of anilines is 1. The van der Waals surface area contributed by atoms with Gasteiger partial charge in [0.05, 0.1) is 28.0 Å². The van der Waals surface area contributed by atoms with Crippen molar-refractivity contribution in [2.45, 2.75) is 44.9 Å². The second kappa shape index (κ2) is 13.2. The highest BCUT2D eigenvalue weighted by Gasteiger charge is 2.47. The number of benzene rings is 5. The van der Waals surface area contributed by atoms with Crippen LogP contribution in [0.5, 0.6) is 0 Å². The molecule has 9 heteroatoms. The highest BCUT2D eigenvalue weighted by molar-refractivity contribution is 6.19. The van der Waals surface area contributed by atoms with Crippen molar-refractivity contribution in [3.8, 4) is 0 Å². The Labute approximate surface area is 301 Å². The second-order valence-electron chi connectivity index (χ2n) is 14.3. The summed E-state index contributed by atoms with van der Waals surface area (Å²) in [6, 6.07) is 25.7. The van der Waals surface area contributed by atoms with Crippen LogP contribution in [-0.2, 0) is 25.2 Å². The van der Waals surface area contributed by atoms with Crippen LogP contribution in [0.25, 0.3) is 32.3 Å². The zero-order valence-electron chi connectivity index (χ0n) is 29.6. The summed E-state index contributed by atoms with van der Waals surface area (Å²) in [5.41, 5.74) is 5.23. The van der Waals surface area contributed by atoms with E-state index in [4.69, 9.17) is 4.74 Å². The van der Waals surface area contributed by atoms with E-state index < -0.39 is 16.8 Å². The molecule has 9 nitrogen and oxygen atoms in total. The molecular formula is C43H40N3O6+. The van der Waals surface area contributed by atoms with Gasteiger partial charge in [-0.3, -0.25) is 19.7 Å². The van der Waals surface area contributed by atoms with Crippen molar-refractivity contribution in [3.05, 3.63) is 136 Å². The van der Waals surface area contributed by atoms with Gasteiger partial charge >= 0.3 is 5.97 Å². The van der Waals surface area contributed by atoms with E-state index in [0.29, 0.717) is 19.6 Å². The average Bonchev–Trinajstić information content (AvgIpc) is 3.49. The Morgan fingerprint density at radius 3 is 2.25 bits per heavy atom. The summed E-state index contributed by atoms with van der Waals surface area (Å²) in [4.78, 5) is 36.4. The molecule has 7 rings (SSSR count). The number of non-ortho nitro benzene ring substituents is 1. The Kier molecular flexibility index (Phi) is 8.74. The van der Waals surface area contributed by atoms with Crippen molar-refractivity contribution >= 4 is 67.5 Å². The standard InChI is InChI=1S/C43H39N3O6/c1-42(2)35-21-19-28-18-20-29(46(50)51)26-34(28)40(35)45(24-25-52-27-47)36(42)16-6-5-7-17-37-43(3,4)39-32-14-10-8-12-30(32)31-13-9-11-15-33(31)41(39)44(37)23-22-38(48)49/h5-21,26-27H,22-25H2,1-4H3/p+1. The number of rotatable bonds is 11. The molecule has 0 amide bonds. The van der Waals surface area contributed by atoms with E-state index in [1.807, 2.05) is 42.5 Å². The maximum atomic E-state index is 11.9. The second-order valence-corrected chi connectivity index (χ2v) is 14.3. The lowest BCUT2D eigenvalue weighted by atomic mass is 9.78. The molecule has 5 aromatic rings. The number of nitro benzene ring substituents is 1. The molecule has 0 saturated heterocycles. The van der Waals surface area contributed by atoms with Gasteiger partial charge in [0.25, 0.3) is 12.2 Å². The Morgan fingerprint density at radius 2 is 1.56 bits per heavy atom. The number of carboxylic acids is 1. The van der Waals surface area contributed by atoms with Crippen LogP contribution in [0.15, 0.2) is 115 Å². The number of hydrogen-bond donors (Lipinski definition) is 1. The molecule has 5 aromatic carbocycles. The third-order valence-corrected chi connectivity index (χ3v) is 10.6. The van der Waals surface area contributed by atoms with Gasteiger partial charge in [-0.15, -0.1) is 0 Å². The fourth-order valence-corrected chi connectivity index (χ4v) is 8.24. The van der Waals surface area contributed by atoms with Gasteiger partial charge in [-0.1, -0.05) is 86.7 Å². The van der Waals surface area contributed by atoms with Crippen molar-refractivity contribution in [1.82, 2.24) is 0 Å². The molecule has 52 heavy (non-hydrogen) atoms. The summed E-state index contributed by atoms with van der Waals surface area (Å²) in [6.07, 6.45) is 10.0. The van der Waals surface area contributed by atoms with Gasteiger partial charge < -0.3 is 14.7 Å². The largest absolute Gasteiger partial charge is 0.481 e. The predicted molar refractivity (Wildman–Crippen MR) is 206 cm³/mol. The first-order valence-corrected chi connectivity index (χ1v) is 17.4. The quantitative estimate of drug-likeness (QED) is 0.0280. The van der Waals surface area contributed by atoms with Crippen molar-refractivity contribution < 1.29 is 28.9 Å². The zero-order chi connectivity index (χ0) is 36.8. The molecule has 0 aliphatic carbocycles. The molecule has 262 valence electrons. The highest BCUT2D eigenvalue weighted by Crippen LogP contribution is 2.51. The lowest BCUT2D eigenvalue weighted by Crippen LogP contribution is -2.29. The Morgan fingerprint density at radius 1 is 0.885 bits per heavy atom. The van der Waals surface area contributed by atoms with E-state index in [0.717, 1.165) is 55.3 Å². The number of ether oxygens (including phenoxy) is 1. The molecule has 2 heterocycles. The van der Waals surface area contributed by atoms with E-state index in [1.54, 1.807) is 12.1 Å². The summed E-state index contributed by atoms with van der Waals surface area (Å²) in [6.45, 7) is 9.92. The molecule has 2 aliphatic rings. The number of aliphatic carboxylic acids is 1. The third kappa shape index (κ3) is 5.62. The van der Waals surface area contributed by atoms with E-state index in [1.165, 1.54) is 17.0 Å². The number of carbonyl (C=O) groups excluding carboxylic acids is 1. The minimum Gasteiger partial charge on any atom is -0.481 e. The highest BCUT2D eigenvalue weighted by atomic mass is 16.6. The van der Waals surface area contributed by atoms with Crippen molar-refractivity contribution in [3.63, 3.8) is 0 Å². The first-order valence-electron chi connectivity index (χ1n) is 17.4. The summed E-state index contributed by atoms with van der Waals surface area (Å²) in [5, 5.41) is 27.6. The fourth-order valence-electron chi connectivity index (χ4n) is 8.24. The molecule has 0 bridgehead atoms. The molecule has 2 aliphatic heterocycles. The van der Waals surface area contributed by atoms with E-state index in [9.17, 15) is 24.8 Å². The van der Waals surface area contributed by atoms with Gasteiger partial charge in [0, 0.05) is 40.3 Å². The smallest absolute Gasteiger partial charge is 0.309 e.